The maximum absolute atomic E-state index is 13.9. The largest absolute Gasteiger partial charge is 0.309 e. The van der Waals surface area contributed by atoms with E-state index in [2.05, 4.69) is 5.32 Å². The van der Waals surface area contributed by atoms with Gasteiger partial charge in [-0.3, -0.25) is 0 Å². The van der Waals surface area contributed by atoms with E-state index >= 15 is 0 Å². The lowest BCUT2D eigenvalue weighted by molar-refractivity contribution is 0.487. The lowest BCUT2D eigenvalue weighted by atomic mass is 9.94. The second-order valence-corrected chi connectivity index (χ2v) is 4.73. The summed E-state index contributed by atoms with van der Waals surface area (Å²) in [4.78, 5) is 0. The summed E-state index contributed by atoms with van der Waals surface area (Å²) in [6.07, 6.45) is 0. The van der Waals surface area contributed by atoms with Crippen molar-refractivity contribution in [2.24, 2.45) is 0 Å². The summed E-state index contributed by atoms with van der Waals surface area (Å²) in [6.45, 7) is 1.86. The van der Waals surface area contributed by atoms with E-state index in [1.807, 2.05) is 13.0 Å². The Morgan fingerprint density at radius 3 is 2.37 bits per heavy atom. The average Bonchev–Trinajstić information content (AvgIpc) is 2.40. The zero-order chi connectivity index (χ0) is 14.0. The molecule has 1 unspecified atom stereocenters. The molecule has 2 aromatic rings. The van der Waals surface area contributed by atoms with Gasteiger partial charge in [-0.05, 0) is 37.2 Å². The highest BCUT2D eigenvalue weighted by Crippen LogP contribution is 2.30. The van der Waals surface area contributed by atoms with Crippen molar-refractivity contribution >= 4 is 11.6 Å². The fourth-order valence-corrected chi connectivity index (χ4v) is 2.34. The van der Waals surface area contributed by atoms with Crippen LogP contribution >= 0.6 is 11.6 Å². The highest BCUT2D eigenvalue weighted by atomic mass is 35.5. The third kappa shape index (κ3) is 2.62. The molecule has 1 nitrogen and oxygen atoms in total. The Morgan fingerprint density at radius 1 is 1.05 bits per heavy atom. The predicted octanol–water partition coefficient (Wildman–Crippen LogP) is 4.24. The van der Waals surface area contributed by atoms with Gasteiger partial charge >= 0.3 is 0 Å². The topological polar surface area (TPSA) is 12.0 Å². The molecule has 0 aliphatic carbocycles. The molecule has 0 saturated carbocycles. The van der Waals surface area contributed by atoms with E-state index in [9.17, 15) is 8.78 Å². The van der Waals surface area contributed by atoms with E-state index in [0.29, 0.717) is 5.02 Å². The fraction of sp³-hybridized carbons (Fsp3) is 0.200. The molecule has 0 saturated heterocycles. The summed E-state index contributed by atoms with van der Waals surface area (Å²) < 4.78 is 27.3. The Morgan fingerprint density at radius 2 is 1.68 bits per heavy atom. The van der Waals surface area contributed by atoms with Gasteiger partial charge in [0.1, 0.15) is 0 Å². The first-order valence-corrected chi connectivity index (χ1v) is 6.30. The summed E-state index contributed by atoms with van der Waals surface area (Å²) in [7, 11) is 1.70. The first-order chi connectivity index (χ1) is 9.06. The maximum Gasteiger partial charge on any atom is 0.163 e. The van der Waals surface area contributed by atoms with Crippen molar-refractivity contribution in [1.29, 1.82) is 0 Å². The number of hydrogen-bond donors (Lipinski definition) is 1. The van der Waals surface area contributed by atoms with E-state index < -0.39 is 17.7 Å². The Balaban J connectivity index is 2.57. The van der Waals surface area contributed by atoms with Crippen molar-refractivity contribution in [2.75, 3.05) is 7.05 Å². The van der Waals surface area contributed by atoms with Crippen molar-refractivity contribution in [3.8, 4) is 0 Å². The van der Waals surface area contributed by atoms with E-state index in [1.165, 1.54) is 6.07 Å². The van der Waals surface area contributed by atoms with Crippen LogP contribution in [0.1, 0.15) is 22.7 Å². The van der Waals surface area contributed by atoms with Crippen molar-refractivity contribution in [3.63, 3.8) is 0 Å². The summed E-state index contributed by atoms with van der Waals surface area (Å²) in [5, 5.41) is 3.61. The first-order valence-electron chi connectivity index (χ1n) is 5.92. The second kappa shape index (κ2) is 5.68. The Bertz CT molecular complexity index is 547. The molecule has 0 aliphatic heterocycles. The third-order valence-corrected chi connectivity index (χ3v) is 3.61. The van der Waals surface area contributed by atoms with Crippen molar-refractivity contribution in [3.05, 3.63) is 69.7 Å². The van der Waals surface area contributed by atoms with Gasteiger partial charge in [0, 0.05) is 10.6 Å². The van der Waals surface area contributed by atoms with Gasteiger partial charge in [0.2, 0.25) is 0 Å². The number of rotatable bonds is 3. The van der Waals surface area contributed by atoms with Crippen LogP contribution in [0.25, 0.3) is 0 Å². The molecule has 0 aromatic heterocycles. The van der Waals surface area contributed by atoms with Crippen LogP contribution in [0.2, 0.25) is 5.02 Å². The van der Waals surface area contributed by atoms with Gasteiger partial charge in [-0.1, -0.05) is 35.9 Å². The molecular formula is C15H14ClF2N. The zero-order valence-electron chi connectivity index (χ0n) is 10.7. The van der Waals surface area contributed by atoms with Crippen LogP contribution < -0.4 is 5.32 Å². The molecule has 4 heteroatoms. The van der Waals surface area contributed by atoms with E-state index in [0.717, 1.165) is 17.2 Å². The predicted molar refractivity (Wildman–Crippen MR) is 73.4 cm³/mol. The summed E-state index contributed by atoms with van der Waals surface area (Å²) >= 11 is 6.08. The van der Waals surface area contributed by atoms with Crippen LogP contribution in [-0.4, -0.2) is 7.05 Å². The van der Waals surface area contributed by atoms with E-state index in [-0.39, 0.29) is 5.56 Å². The molecule has 2 aromatic carbocycles. The van der Waals surface area contributed by atoms with Gasteiger partial charge in [0.05, 0.1) is 6.04 Å². The number of halogens is 3. The van der Waals surface area contributed by atoms with Crippen molar-refractivity contribution in [2.45, 2.75) is 13.0 Å². The highest BCUT2D eigenvalue weighted by molar-refractivity contribution is 6.31. The van der Waals surface area contributed by atoms with Gasteiger partial charge < -0.3 is 5.32 Å². The van der Waals surface area contributed by atoms with Crippen LogP contribution in [-0.2, 0) is 0 Å². The summed E-state index contributed by atoms with van der Waals surface area (Å²) in [5.41, 5.74) is 1.96. The van der Waals surface area contributed by atoms with Gasteiger partial charge in [0.15, 0.2) is 11.6 Å². The molecule has 19 heavy (non-hydrogen) atoms. The van der Waals surface area contributed by atoms with E-state index in [1.54, 1.807) is 25.2 Å². The van der Waals surface area contributed by atoms with Crippen LogP contribution in [0.4, 0.5) is 8.78 Å². The molecule has 1 N–H and O–H groups in total. The standard InChI is InChI=1S/C15H14ClF2N/c1-9-10(5-3-7-12(9)16)15(19-2)11-6-4-8-13(17)14(11)18/h3-8,15,19H,1-2H3. The maximum atomic E-state index is 13.9. The molecule has 0 radical (unpaired) electrons. The minimum absolute atomic E-state index is 0.271. The van der Waals surface area contributed by atoms with Crippen molar-refractivity contribution < 1.29 is 8.78 Å². The number of benzene rings is 2. The molecule has 0 aliphatic rings. The lowest BCUT2D eigenvalue weighted by Crippen LogP contribution is -2.20. The number of hydrogen-bond acceptors (Lipinski definition) is 1. The Hall–Kier alpha value is -1.45. The minimum atomic E-state index is -0.850. The van der Waals surface area contributed by atoms with Crippen LogP contribution in [0.15, 0.2) is 36.4 Å². The molecule has 100 valence electrons. The van der Waals surface area contributed by atoms with Crippen LogP contribution in [0.5, 0.6) is 0 Å². The van der Waals surface area contributed by atoms with Gasteiger partial charge in [-0.15, -0.1) is 0 Å². The van der Waals surface area contributed by atoms with Gasteiger partial charge in [-0.2, -0.15) is 0 Å². The SMILES string of the molecule is CNC(c1cccc(Cl)c1C)c1cccc(F)c1F. The normalized spacial score (nSPS) is 12.5. The summed E-state index contributed by atoms with van der Waals surface area (Å²) in [6, 6.07) is 9.16. The highest BCUT2D eigenvalue weighted by Gasteiger charge is 2.20. The Kier molecular flexibility index (Phi) is 4.17. The first kappa shape index (κ1) is 14.0. The number of nitrogens with one attached hydrogen (secondary N) is 1. The van der Waals surface area contributed by atoms with E-state index in [4.69, 9.17) is 11.6 Å². The molecule has 2 rings (SSSR count). The molecule has 0 fully saturated rings. The fourth-order valence-electron chi connectivity index (χ4n) is 2.16. The van der Waals surface area contributed by atoms with Gasteiger partial charge in [-0.25, -0.2) is 8.78 Å². The molecule has 0 heterocycles. The lowest BCUT2D eigenvalue weighted by Gasteiger charge is -2.20. The molecular weight excluding hydrogens is 268 g/mol. The second-order valence-electron chi connectivity index (χ2n) is 4.32. The van der Waals surface area contributed by atoms with Gasteiger partial charge in [0.25, 0.3) is 0 Å². The molecule has 0 amide bonds. The van der Waals surface area contributed by atoms with Crippen LogP contribution in [0, 0.1) is 18.6 Å². The molecule has 0 bridgehead atoms. The monoisotopic (exact) mass is 281 g/mol. The molecule has 0 spiro atoms. The smallest absolute Gasteiger partial charge is 0.163 e. The molecule has 1 atom stereocenters. The van der Waals surface area contributed by atoms with Crippen LogP contribution in [0.3, 0.4) is 0 Å². The zero-order valence-corrected chi connectivity index (χ0v) is 11.4. The minimum Gasteiger partial charge on any atom is -0.309 e. The quantitative estimate of drug-likeness (QED) is 0.887. The van der Waals surface area contributed by atoms with Crippen molar-refractivity contribution in [1.82, 2.24) is 5.32 Å². The average molecular weight is 282 g/mol. The Labute approximate surface area is 116 Å². The summed E-state index contributed by atoms with van der Waals surface area (Å²) in [5.74, 6) is -1.68. The third-order valence-electron chi connectivity index (χ3n) is 3.20.